The Balaban J connectivity index is 1.80. The minimum absolute atomic E-state index is 0.651. The number of hydrogen-bond acceptors (Lipinski definition) is 2. The second kappa shape index (κ2) is 5.86. The van der Waals surface area contributed by atoms with Crippen molar-refractivity contribution in [2.45, 2.75) is 25.8 Å². The van der Waals surface area contributed by atoms with E-state index in [-0.39, 0.29) is 0 Å². The molecule has 0 fully saturated rings. The average molecular weight is 288 g/mol. The van der Waals surface area contributed by atoms with E-state index in [0.29, 0.717) is 10.8 Å². The summed E-state index contributed by atoms with van der Waals surface area (Å²) in [5, 5.41) is 3.76. The van der Waals surface area contributed by atoms with Crippen LogP contribution < -0.4 is 10.1 Å². The summed E-state index contributed by atoms with van der Waals surface area (Å²) < 4.78 is 5.92. The van der Waals surface area contributed by atoms with Crippen LogP contribution in [0.1, 0.15) is 23.1 Å². The summed E-state index contributed by atoms with van der Waals surface area (Å²) in [6.45, 7) is 0.804. The third-order valence-electron chi connectivity index (χ3n) is 3.67. The molecule has 2 aromatic carbocycles. The molecule has 0 amide bonds. The summed E-state index contributed by atoms with van der Waals surface area (Å²) >= 11 is 6.28. The molecular weight excluding hydrogens is 270 g/mol. The van der Waals surface area contributed by atoms with E-state index in [4.69, 9.17) is 16.3 Å². The van der Waals surface area contributed by atoms with Gasteiger partial charge in [0.2, 0.25) is 0 Å². The maximum Gasteiger partial charge on any atom is 0.146 e. The summed E-state index contributed by atoms with van der Waals surface area (Å²) in [7, 11) is 1.92. The van der Waals surface area contributed by atoms with Crippen molar-refractivity contribution in [2.24, 2.45) is 0 Å². The van der Waals surface area contributed by atoms with Crippen molar-refractivity contribution < 1.29 is 4.74 Å². The highest BCUT2D eigenvalue weighted by Crippen LogP contribution is 2.32. The van der Waals surface area contributed by atoms with Crippen molar-refractivity contribution in [3.8, 4) is 11.5 Å². The largest absolute Gasteiger partial charge is 0.456 e. The fourth-order valence-corrected chi connectivity index (χ4v) is 2.92. The van der Waals surface area contributed by atoms with E-state index >= 15 is 0 Å². The Bertz CT molecular complexity index is 624. The minimum Gasteiger partial charge on any atom is -0.456 e. The third-order valence-corrected chi connectivity index (χ3v) is 3.97. The summed E-state index contributed by atoms with van der Waals surface area (Å²) in [6, 6.07) is 12.2. The van der Waals surface area contributed by atoms with Crippen LogP contribution in [0.5, 0.6) is 11.5 Å². The number of halogens is 1. The van der Waals surface area contributed by atoms with Gasteiger partial charge in [-0.15, -0.1) is 0 Å². The average Bonchev–Trinajstić information content (AvgIpc) is 2.90. The van der Waals surface area contributed by atoms with Crippen molar-refractivity contribution in [3.05, 3.63) is 58.1 Å². The highest BCUT2D eigenvalue weighted by molar-refractivity contribution is 6.32. The van der Waals surface area contributed by atoms with Crippen LogP contribution in [0, 0.1) is 0 Å². The van der Waals surface area contributed by atoms with Gasteiger partial charge in [-0.25, -0.2) is 0 Å². The van der Waals surface area contributed by atoms with Gasteiger partial charge in [-0.3, -0.25) is 0 Å². The Hall–Kier alpha value is -1.51. The number of benzene rings is 2. The summed E-state index contributed by atoms with van der Waals surface area (Å²) in [5.41, 5.74) is 4.01. The Morgan fingerprint density at radius 3 is 2.75 bits per heavy atom. The first-order chi connectivity index (χ1) is 9.76. The molecule has 0 radical (unpaired) electrons. The van der Waals surface area contributed by atoms with Gasteiger partial charge in [-0.05, 0) is 67.3 Å². The number of ether oxygens (including phenoxy) is 1. The lowest BCUT2D eigenvalue weighted by Crippen LogP contribution is -2.04. The van der Waals surface area contributed by atoms with Gasteiger partial charge < -0.3 is 10.1 Å². The minimum atomic E-state index is 0.651. The van der Waals surface area contributed by atoms with E-state index in [1.807, 2.05) is 31.3 Å². The van der Waals surface area contributed by atoms with Gasteiger partial charge in [-0.2, -0.15) is 0 Å². The Kier molecular flexibility index (Phi) is 3.95. The molecule has 0 spiro atoms. The van der Waals surface area contributed by atoms with Crippen molar-refractivity contribution in [3.63, 3.8) is 0 Å². The van der Waals surface area contributed by atoms with Crippen LogP contribution in [0.15, 0.2) is 36.4 Å². The predicted molar refractivity (Wildman–Crippen MR) is 82.8 cm³/mol. The molecule has 1 aliphatic rings. The van der Waals surface area contributed by atoms with Crippen molar-refractivity contribution in [1.29, 1.82) is 0 Å². The quantitative estimate of drug-likeness (QED) is 0.903. The zero-order valence-corrected chi connectivity index (χ0v) is 12.3. The summed E-state index contributed by atoms with van der Waals surface area (Å²) in [6.07, 6.45) is 3.59. The van der Waals surface area contributed by atoms with Crippen LogP contribution >= 0.6 is 11.6 Å². The number of rotatable bonds is 4. The SMILES string of the molecule is CNCc1ccc(Oc2ccc3c(c2)CCC3)c(Cl)c1. The fraction of sp³-hybridized carbons (Fsp3) is 0.294. The van der Waals surface area contributed by atoms with Gasteiger partial charge in [0, 0.05) is 6.54 Å². The lowest BCUT2D eigenvalue weighted by molar-refractivity contribution is 0.482. The summed E-state index contributed by atoms with van der Waals surface area (Å²) in [5.74, 6) is 1.58. The monoisotopic (exact) mass is 287 g/mol. The van der Waals surface area contributed by atoms with Crippen molar-refractivity contribution >= 4 is 11.6 Å². The molecule has 3 heteroatoms. The first-order valence-corrected chi connectivity index (χ1v) is 7.37. The second-order valence-corrected chi connectivity index (χ2v) is 5.59. The lowest BCUT2D eigenvalue weighted by Gasteiger charge is -2.10. The molecule has 0 atom stereocenters. The molecule has 2 nitrogen and oxygen atoms in total. The van der Waals surface area contributed by atoms with Crippen LogP contribution in [-0.4, -0.2) is 7.05 Å². The van der Waals surface area contributed by atoms with Crippen LogP contribution in [-0.2, 0) is 19.4 Å². The van der Waals surface area contributed by atoms with Crippen LogP contribution in [0.4, 0.5) is 0 Å². The van der Waals surface area contributed by atoms with Gasteiger partial charge in [0.15, 0.2) is 0 Å². The van der Waals surface area contributed by atoms with Crippen molar-refractivity contribution in [2.75, 3.05) is 7.05 Å². The zero-order valence-electron chi connectivity index (χ0n) is 11.6. The molecule has 1 aliphatic carbocycles. The van der Waals surface area contributed by atoms with Crippen LogP contribution in [0.3, 0.4) is 0 Å². The van der Waals surface area contributed by atoms with Gasteiger partial charge in [0.25, 0.3) is 0 Å². The molecule has 1 N–H and O–H groups in total. The van der Waals surface area contributed by atoms with Gasteiger partial charge >= 0.3 is 0 Å². The van der Waals surface area contributed by atoms with E-state index in [0.717, 1.165) is 24.3 Å². The molecule has 0 bridgehead atoms. The van der Waals surface area contributed by atoms with Crippen LogP contribution in [0.25, 0.3) is 0 Å². The fourth-order valence-electron chi connectivity index (χ4n) is 2.68. The first kappa shape index (κ1) is 13.5. The maximum atomic E-state index is 6.28. The number of hydrogen-bond donors (Lipinski definition) is 1. The molecule has 0 aromatic heterocycles. The molecule has 20 heavy (non-hydrogen) atoms. The molecular formula is C17H18ClNO. The smallest absolute Gasteiger partial charge is 0.146 e. The normalized spacial score (nSPS) is 13.3. The Morgan fingerprint density at radius 2 is 1.95 bits per heavy atom. The molecule has 0 unspecified atom stereocenters. The molecule has 0 heterocycles. The van der Waals surface area contributed by atoms with Gasteiger partial charge in [0.1, 0.15) is 11.5 Å². The van der Waals surface area contributed by atoms with E-state index in [9.17, 15) is 0 Å². The molecule has 0 aliphatic heterocycles. The maximum absolute atomic E-state index is 6.28. The molecule has 0 saturated heterocycles. The number of nitrogens with one attached hydrogen (secondary N) is 1. The number of fused-ring (bicyclic) bond motifs is 1. The highest BCUT2D eigenvalue weighted by Gasteiger charge is 2.12. The van der Waals surface area contributed by atoms with Crippen LogP contribution in [0.2, 0.25) is 5.02 Å². The number of aryl methyl sites for hydroxylation is 2. The van der Waals surface area contributed by atoms with E-state index in [1.165, 1.54) is 24.0 Å². The second-order valence-electron chi connectivity index (χ2n) is 5.18. The standard InChI is InChI=1S/C17H18ClNO/c1-19-11-12-5-8-17(16(18)9-12)20-15-7-6-13-3-2-4-14(13)10-15/h5-10,19H,2-4,11H2,1H3. The van der Waals surface area contributed by atoms with E-state index < -0.39 is 0 Å². The molecule has 2 aromatic rings. The Morgan fingerprint density at radius 1 is 1.10 bits per heavy atom. The van der Waals surface area contributed by atoms with E-state index in [2.05, 4.69) is 17.4 Å². The first-order valence-electron chi connectivity index (χ1n) is 6.99. The van der Waals surface area contributed by atoms with Gasteiger partial charge in [-0.1, -0.05) is 23.7 Å². The zero-order chi connectivity index (χ0) is 13.9. The highest BCUT2D eigenvalue weighted by atomic mass is 35.5. The van der Waals surface area contributed by atoms with Gasteiger partial charge in [0.05, 0.1) is 5.02 Å². The molecule has 0 saturated carbocycles. The summed E-state index contributed by atoms with van der Waals surface area (Å²) in [4.78, 5) is 0. The lowest BCUT2D eigenvalue weighted by atomic mass is 10.1. The Labute approximate surface area is 124 Å². The van der Waals surface area contributed by atoms with Crippen molar-refractivity contribution in [1.82, 2.24) is 5.32 Å². The topological polar surface area (TPSA) is 21.3 Å². The van der Waals surface area contributed by atoms with E-state index in [1.54, 1.807) is 0 Å². The predicted octanol–water partition coefficient (Wildman–Crippen LogP) is 4.34. The molecule has 104 valence electrons. The third kappa shape index (κ3) is 2.82. The molecule has 3 rings (SSSR count).